The standard InChI is InChI=1S/C10H9BrN2O/c11-8-2-1-3-9-5-7(4-8)10(14)13-6-12-9/h1-3,5H,4,6H2,(H,13,14)/b3-1-,8-2?. The summed E-state index contributed by atoms with van der Waals surface area (Å²) >= 11 is 3.40. The minimum atomic E-state index is -0.0376. The summed E-state index contributed by atoms with van der Waals surface area (Å²) < 4.78 is 0.996. The van der Waals surface area contributed by atoms with Crippen molar-refractivity contribution in [2.45, 2.75) is 6.42 Å². The number of nitrogens with one attached hydrogen (secondary N) is 1. The van der Waals surface area contributed by atoms with Gasteiger partial charge in [-0.05, 0) is 16.6 Å². The van der Waals surface area contributed by atoms with Crippen LogP contribution in [0.1, 0.15) is 6.42 Å². The van der Waals surface area contributed by atoms with Crippen LogP contribution in [-0.2, 0) is 4.79 Å². The number of halogens is 1. The van der Waals surface area contributed by atoms with E-state index in [0.717, 1.165) is 15.8 Å². The molecular weight excluding hydrogens is 244 g/mol. The molecule has 0 radical (unpaired) electrons. The molecule has 0 saturated carbocycles. The van der Waals surface area contributed by atoms with Gasteiger partial charge in [0, 0.05) is 12.0 Å². The van der Waals surface area contributed by atoms with Crippen LogP contribution in [0.15, 0.2) is 39.4 Å². The minimum Gasteiger partial charge on any atom is -0.333 e. The van der Waals surface area contributed by atoms with Crippen molar-refractivity contribution in [3.8, 4) is 0 Å². The fourth-order valence-electron chi connectivity index (χ4n) is 1.33. The zero-order valence-corrected chi connectivity index (χ0v) is 9.04. The molecule has 0 atom stereocenters. The maximum absolute atomic E-state index is 11.5. The second-order valence-electron chi connectivity index (χ2n) is 3.07. The number of allylic oxidation sites excluding steroid dienone is 5. The number of nitrogens with zero attached hydrogens (tertiary/aromatic N) is 1. The Balaban J connectivity index is 2.42. The molecule has 0 unspecified atom stereocenters. The lowest BCUT2D eigenvalue weighted by atomic mass is 10.1. The molecule has 0 fully saturated rings. The third-order valence-corrected chi connectivity index (χ3v) is 2.56. The van der Waals surface area contributed by atoms with Crippen LogP contribution in [-0.4, -0.2) is 18.3 Å². The van der Waals surface area contributed by atoms with E-state index in [9.17, 15) is 4.79 Å². The lowest BCUT2D eigenvalue weighted by Crippen LogP contribution is -2.23. The average molecular weight is 253 g/mol. The number of hydrogen-bond donors (Lipinski definition) is 1. The molecule has 1 aliphatic carbocycles. The monoisotopic (exact) mass is 252 g/mol. The molecule has 1 amide bonds. The third kappa shape index (κ3) is 2.01. The van der Waals surface area contributed by atoms with Gasteiger partial charge in [0.15, 0.2) is 0 Å². The van der Waals surface area contributed by atoms with E-state index < -0.39 is 0 Å². The van der Waals surface area contributed by atoms with E-state index in [1.807, 2.05) is 24.3 Å². The van der Waals surface area contributed by atoms with Gasteiger partial charge in [0.1, 0.15) is 6.67 Å². The van der Waals surface area contributed by atoms with Gasteiger partial charge in [0.05, 0.1) is 5.71 Å². The average Bonchev–Trinajstić information content (AvgIpc) is 2.28. The molecule has 3 nitrogen and oxygen atoms in total. The molecule has 0 aromatic heterocycles. The Morgan fingerprint density at radius 1 is 1.50 bits per heavy atom. The van der Waals surface area contributed by atoms with Crippen LogP contribution in [0.2, 0.25) is 0 Å². The highest BCUT2D eigenvalue weighted by Crippen LogP contribution is 2.20. The highest BCUT2D eigenvalue weighted by molar-refractivity contribution is 9.11. The highest BCUT2D eigenvalue weighted by Gasteiger charge is 2.14. The van der Waals surface area contributed by atoms with Gasteiger partial charge >= 0.3 is 0 Å². The van der Waals surface area contributed by atoms with Gasteiger partial charge in [-0.15, -0.1) is 0 Å². The molecule has 0 aromatic carbocycles. The quantitative estimate of drug-likeness (QED) is 0.701. The zero-order chi connectivity index (χ0) is 9.97. The van der Waals surface area contributed by atoms with Crippen LogP contribution in [0.3, 0.4) is 0 Å². The van der Waals surface area contributed by atoms with E-state index in [1.54, 1.807) is 0 Å². The van der Waals surface area contributed by atoms with Crippen molar-refractivity contribution < 1.29 is 4.79 Å². The number of carbonyl (C=O) groups is 1. The van der Waals surface area contributed by atoms with Crippen LogP contribution in [0.5, 0.6) is 0 Å². The van der Waals surface area contributed by atoms with Crippen molar-refractivity contribution in [1.82, 2.24) is 5.32 Å². The number of hydrogen-bond acceptors (Lipinski definition) is 2. The molecule has 14 heavy (non-hydrogen) atoms. The third-order valence-electron chi connectivity index (χ3n) is 2.02. The van der Waals surface area contributed by atoms with E-state index in [0.29, 0.717) is 13.1 Å². The Morgan fingerprint density at radius 2 is 2.36 bits per heavy atom. The molecule has 1 heterocycles. The van der Waals surface area contributed by atoms with E-state index in [-0.39, 0.29) is 5.91 Å². The fraction of sp³-hybridized carbons (Fsp3) is 0.200. The Labute approximate surface area is 90.4 Å². The summed E-state index contributed by atoms with van der Waals surface area (Å²) in [5.41, 5.74) is 1.59. The van der Waals surface area contributed by atoms with Gasteiger partial charge < -0.3 is 5.32 Å². The summed E-state index contributed by atoms with van der Waals surface area (Å²) in [5.74, 6) is -0.0376. The van der Waals surface area contributed by atoms with Crippen molar-refractivity contribution in [3.63, 3.8) is 0 Å². The summed E-state index contributed by atoms with van der Waals surface area (Å²) in [5, 5.41) is 2.72. The second kappa shape index (κ2) is 3.92. The lowest BCUT2D eigenvalue weighted by molar-refractivity contribution is -0.117. The molecule has 4 heteroatoms. The first kappa shape index (κ1) is 9.40. The van der Waals surface area contributed by atoms with Crippen LogP contribution >= 0.6 is 15.9 Å². The predicted octanol–water partition coefficient (Wildman–Crippen LogP) is 1.68. The van der Waals surface area contributed by atoms with Gasteiger partial charge in [0.2, 0.25) is 5.91 Å². The summed E-state index contributed by atoms with van der Waals surface area (Å²) in [6.07, 6.45) is 8.19. The number of rotatable bonds is 0. The maximum Gasteiger partial charge on any atom is 0.249 e. The molecule has 0 saturated heterocycles. The molecule has 0 spiro atoms. The molecule has 2 bridgehead atoms. The van der Waals surface area contributed by atoms with E-state index in [2.05, 4.69) is 26.2 Å². The molecule has 1 N–H and O–H groups in total. The number of fused-ring (bicyclic) bond motifs is 1. The Morgan fingerprint density at radius 3 is 3.21 bits per heavy atom. The first-order chi connectivity index (χ1) is 6.75. The Bertz CT molecular complexity index is 391. The molecular formula is C10H9BrN2O. The molecule has 2 aliphatic rings. The summed E-state index contributed by atoms with van der Waals surface area (Å²) in [6.45, 7) is 0.357. The van der Waals surface area contributed by atoms with Gasteiger partial charge in [-0.2, -0.15) is 0 Å². The lowest BCUT2D eigenvalue weighted by Gasteiger charge is -2.05. The first-order valence-electron chi connectivity index (χ1n) is 4.31. The minimum absolute atomic E-state index is 0.0376. The molecule has 1 aliphatic heterocycles. The largest absolute Gasteiger partial charge is 0.333 e. The van der Waals surface area contributed by atoms with Crippen LogP contribution in [0, 0.1) is 0 Å². The van der Waals surface area contributed by atoms with Crippen LogP contribution in [0.25, 0.3) is 0 Å². The summed E-state index contributed by atoms with van der Waals surface area (Å²) in [7, 11) is 0. The molecule has 0 aromatic rings. The van der Waals surface area contributed by atoms with Crippen LogP contribution < -0.4 is 5.32 Å². The normalized spacial score (nSPS) is 23.2. The van der Waals surface area contributed by atoms with E-state index in [1.165, 1.54) is 0 Å². The molecule has 2 rings (SSSR count). The highest BCUT2D eigenvalue weighted by atomic mass is 79.9. The number of aliphatic imine (C=N–C) groups is 1. The van der Waals surface area contributed by atoms with E-state index >= 15 is 0 Å². The Hall–Kier alpha value is -1.16. The first-order valence-corrected chi connectivity index (χ1v) is 5.11. The van der Waals surface area contributed by atoms with Crippen molar-refractivity contribution in [2.75, 3.05) is 6.67 Å². The van der Waals surface area contributed by atoms with Crippen molar-refractivity contribution in [3.05, 3.63) is 34.4 Å². The second-order valence-corrected chi connectivity index (χ2v) is 4.08. The number of carbonyl (C=O) groups excluding carboxylic acids is 1. The van der Waals surface area contributed by atoms with Gasteiger partial charge in [-0.25, -0.2) is 0 Å². The topological polar surface area (TPSA) is 41.5 Å². The van der Waals surface area contributed by atoms with E-state index in [4.69, 9.17) is 0 Å². The predicted molar refractivity (Wildman–Crippen MR) is 59.3 cm³/mol. The number of amides is 1. The smallest absolute Gasteiger partial charge is 0.249 e. The van der Waals surface area contributed by atoms with Crippen molar-refractivity contribution >= 4 is 27.5 Å². The van der Waals surface area contributed by atoms with Gasteiger partial charge in [-0.1, -0.05) is 28.1 Å². The van der Waals surface area contributed by atoms with Crippen molar-refractivity contribution in [2.24, 2.45) is 4.99 Å². The molecule has 72 valence electrons. The van der Waals surface area contributed by atoms with Gasteiger partial charge in [0.25, 0.3) is 0 Å². The SMILES string of the molecule is O=C1NCN=C2C=C1CC(Br)=C/C=C\2. The summed E-state index contributed by atoms with van der Waals surface area (Å²) in [6, 6.07) is 0. The fourth-order valence-corrected chi connectivity index (χ4v) is 1.78. The Kier molecular flexibility index (Phi) is 2.63. The maximum atomic E-state index is 11.5. The zero-order valence-electron chi connectivity index (χ0n) is 7.46. The van der Waals surface area contributed by atoms with Crippen molar-refractivity contribution in [1.29, 1.82) is 0 Å². The van der Waals surface area contributed by atoms with Crippen LogP contribution in [0.4, 0.5) is 0 Å². The summed E-state index contributed by atoms with van der Waals surface area (Å²) in [4.78, 5) is 15.7. The van der Waals surface area contributed by atoms with Gasteiger partial charge in [-0.3, -0.25) is 9.79 Å².